The van der Waals surface area contributed by atoms with Gasteiger partial charge >= 0.3 is 0 Å². The maximum Gasteiger partial charge on any atom is 0.257 e. The SMILES string of the molecule is Cc1ccc(C(=O)N(CC2CCCNC2)C2CC2)c(O)c1. The van der Waals surface area contributed by atoms with E-state index in [9.17, 15) is 9.90 Å². The van der Waals surface area contributed by atoms with E-state index < -0.39 is 0 Å². The molecule has 114 valence electrons. The quantitative estimate of drug-likeness (QED) is 0.894. The number of aryl methyl sites for hydroxylation is 1. The Morgan fingerprint density at radius 3 is 2.81 bits per heavy atom. The van der Waals surface area contributed by atoms with E-state index in [1.165, 1.54) is 12.8 Å². The molecule has 0 aromatic heterocycles. The maximum absolute atomic E-state index is 12.8. The minimum absolute atomic E-state index is 0.0134. The van der Waals surface area contributed by atoms with Crippen molar-refractivity contribution in [1.29, 1.82) is 0 Å². The molecule has 2 aliphatic rings. The lowest BCUT2D eigenvalue weighted by Crippen LogP contribution is -2.42. The predicted octanol–water partition coefficient (Wildman–Crippen LogP) is 2.30. The number of carbonyl (C=O) groups excluding carboxylic acids is 1. The number of amides is 1. The second-order valence-electron chi connectivity index (χ2n) is 6.42. The molecule has 1 amide bonds. The van der Waals surface area contributed by atoms with E-state index in [0.717, 1.165) is 38.0 Å². The molecule has 1 heterocycles. The molecular weight excluding hydrogens is 264 g/mol. The number of piperidine rings is 1. The number of hydrogen-bond donors (Lipinski definition) is 2. The standard InChI is InChI=1S/C17H24N2O2/c1-12-4-7-15(16(20)9-12)17(21)19(14-5-6-14)11-13-3-2-8-18-10-13/h4,7,9,13-14,18,20H,2-3,5-6,8,10-11H2,1H3. The van der Waals surface area contributed by atoms with Crippen LogP contribution in [0.25, 0.3) is 0 Å². The van der Waals surface area contributed by atoms with E-state index >= 15 is 0 Å². The summed E-state index contributed by atoms with van der Waals surface area (Å²) in [5.74, 6) is 0.629. The van der Waals surface area contributed by atoms with Gasteiger partial charge in [0.05, 0.1) is 5.56 Å². The van der Waals surface area contributed by atoms with Crippen molar-refractivity contribution in [2.24, 2.45) is 5.92 Å². The largest absolute Gasteiger partial charge is 0.507 e. The first-order chi connectivity index (χ1) is 10.1. The fourth-order valence-electron chi connectivity index (χ4n) is 3.12. The highest BCUT2D eigenvalue weighted by atomic mass is 16.3. The van der Waals surface area contributed by atoms with Crippen molar-refractivity contribution in [1.82, 2.24) is 10.2 Å². The van der Waals surface area contributed by atoms with Crippen molar-refractivity contribution in [3.8, 4) is 5.75 Å². The first kappa shape index (κ1) is 14.4. The molecule has 0 radical (unpaired) electrons. The van der Waals surface area contributed by atoms with Gasteiger partial charge < -0.3 is 15.3 Å². The van der Waals surface area contributed by atoms with Crippen LogP contribution in [0.3, 0.4) is 0 Å². The number of nitrogens with zero attached hydrogens (tertiary/aromatic N) is 1. The molecule has 1 unspecified atom stereocenters. The molecule has 2 fully saturated rings. The molecule has 1 saturated carbocycles. The van der Waals surface area contributed by atoms with Crippen LogP contribution >= 0.6 is 0 Å². The third-order valence-corrected chi connectivity index (χ3v) is 4.49. The molecular formula is C17H24N2O2. The number of benzene rings is 1. The van der Waals surface area contributed by atoms with Gasteiger partial charge in [-0.3, -0.25) is 4.79 Å². The van der Waals surface area contributed by atoms with E-state index in [1.54, 1.807) is 12.1 Å². The second kappa shape index (κ2) is 6.06. The van der Waals surface area contributed by atoms with Gasteiger partial charge in [0.2, 0.25) is 0 Å². The number of nitrogens with one attached hydrogen (secondary N) is 1. The van der Waals surface area contributed by atoms with Crippen LogP contribution in [0, 0.1) is 12.8 Å². The van der Waals surface area contributed by atoms with Crippen molar-refractivity contribution < 1.29 is 9.90 Å². The summed E-state index contributed by atoms with van der Waals surface area (Å²) < 4.78 is 0. The summed E-state index contributed by atoms with van der Waals surface area (Å²) in [5, 5.41) is 13.5. The van der Waals surface area contributed by atoms with E-state index in [4.69, 9.17) is 0 Å². The van der Waals surface area contributed by atoms with Crippen LogP contribution in [-0.4, -0.2) is 41.6 Å². The topological polar surface area (TPSA) is 52.6 Å². The minimum Gasteiger partial charge on any atom is -0.507 e. The van der Waals surface area contributed by atoms with Crippen molar-refractivity contribution >= 4 is 5.91 Å². The minimum atomic E-state index is -0.0134. The Morgan fingerprint density at radius 1 is 1.38 bits per heavy atom. The molecule has 1 aromatic rings. The Labute approximate surface area is 126 Å². The second-order valence-corrected chi connectivity index (χ2v) is 6.42. The molecule has 4 nitrogen and oxygen atoms in total. The summed E-state index contributed by atoms with van der Waals surface area (Å²) in [6, 6.07) is 5.68. The fourth-order valence-corrected chi connectivity index (χ4v) is 3.12. The van der Waals surface area contributed by atoms with Gasteiger partial charge in [-0.25, -0.2) is 0 Å². The Hall–Kier alpha value is -1.55. The number of aromatic hydroxyl groups is 1. The van der Waals surface area contributed by atoms with Gasteiger partial charge in [-0.1, -0.05) is 6.07 Å². The summed E-state index contributed by atoms with van der Waals surface area (Å²) in [6.45, 7) is 4.81. The Kier molecular flexibility index (Phi) is 4.15. The van der Waals surface area contributed by atoms with Crippen molar-refractivity contribution in [3.63, 3.8) is 0 Å². The predicted molar refractivity (Wildman–Crippen MR) is 82.5 cm³/mol. The van der Waals surface area contributed by atoms with Crippen LogP contribution in [0.1, 0.15) is 41.6 Å². The summed E-state index contributed by atoms with van der Waals surface area (Å²) in [6.07, 6.45) is 4.56. The van der Waals surface area contributed by atoms with Crippen molar-refractivity contribution in [3.05, 3.63) is 29.3 Å². The molecule has 1 aliphatic carbocycles. The average molecular weight is 288 g/mol. The maximum atomic E-state index is 12.8. The summed E-state index contributed by atoms with van der Waals surface area (Å²) in [4.78, 5) is 14.8. The third-order valence-electron chi connectivity index (χ3n) is 4.49. The van der Waals surface area contributed by atoms with Crippen LogP contribution in [0.15, 0.2) is 18.2 Å². The lowest BCUT2D eigenvalue weighted by Gasteiger charge is -2.30. The lowest BCUT2D eigenvalue weighted by molar-refractivity contribution is 0.0701. The van der Waals surface area contributed by atoms with Crippen LogP contribution in [-0.2, 0) is 0 Å². The number of carbonyl (C=O) groups is 1. The average Bonchev–Trinajstić information content (AvgIpc) is 3.30. The van der Waals surface area contributed by atoms with Crippen LogP contribution in [0.4, 0.5) is 0 Å². The molecule has 21 heavy (non-hydrogen) atoms. The highest BCUT2D eigenvalue weighted by Crippen LogP contribution is 2.31. The zero-order valence-electron chi connectivity index (χ0n) is 12.6. The van der Waals surface area contributed by atoms with Gasteiger partial charge in [-0.2, -0.15) is 0 Å². The van der Waals surface area contributed by atoms with Crippen LogP contribution < -0.4 is 5.32 Å². The number of phenolic OH excluding ortho intramolecular Hbond substituents is 1. The van der Waals surface area contributed by atoms with Gasteiger partial charge in [0.1, 0.15) is 5.75 Å². The molecule has 2 N–H and O–H groups in total. The molecule has 1 atom stereocenters. The Morgan fingerprint density at radius 2 is 2.19 bits per heavy atom. The number of phenols is 1. The fraction of sp³-hybridized carbons (Fsp3) is 0.588. The highest BCUT2D eigenvalue weighted by molar-refractivity contribution is 5.97. The van der Waals surface area contributed by atoms with Gasteiger partial charge in [0.15, 0.2) is 0 Å². The zero-order valence-corrected chi connectivity index (χ0v) is 12.6. The van der Waals surface area contributed by atoms with Gasteiger partial charge in [0, 0.05) is 12.6 Å². The van der Waals surface area contributed by atoms with Crippen molar-refractivity contribution in [2.75, 3.05) is 19.6 Å². The van der Waals surface area contributed by atoms with Gasteiger partial charge in [0.25, 0.3) is 5.91 Å². The summed E-state index contributed by atoms with van der Waals surface area (Å²) >= 11 is 0. The van der Waals surface area contributed by atoms with Gasteiger partial charge in [-0.05, 0) is 69.3 Å². The number of hydrogen-bond acceptors (Lipinski definition) is 3. The van der Waals surface area contributed by atoms with E-state index in [1.807, 2.05) is 17.9 Å². The summed E-state index contributed by atoms with van der Waals surface area (Å²) in [5.41, 5.74) is 1.41. The molecule has 1 saturated heterocycles. The molecule has 0 spiro atoms. The van der Waals surface area contributed by atoms with Gasteiger partial charge in [-0.15, -0.1) is 0 Å². The first-order valence-corrected chi connectivity index (χ1v) is 7.96. The molecule has 0 bridgehead atoms. The smallest absolute Gasteiger partial charge is 0.257 e. The molecule has 1 aliphatic heterocycles. The first-order valence-electron chi connectivity index (χ1n) is 7.96. The Balaban J connectivity index is 1.75. The zero-order chi connectivity index (χ0) is 14.8. The monoisotopic (exact) mass is 288 g/mol. The summed E-state index contributed by atoms with van der Waals surface area (Å²) in [7, 11) is 0. The van der Waals surface area contributed by atoms with E-state index in [0.29, 0.717) is 17.5 Å². The Bertz CT molecular complexity index is 520. The normalized spacial score (nSPS) is 22.0. The van der Waals surface area contributed by atoms with Crippen molar-refractivity contribution in [2.45, 2.75) is 38.6 Å². The molecule has 3 rings (SSSR count). The third kappa shape index (κ3) is 3.38. The van der Waals surface area contributed by atoms with E-state index in [2.05, 4.69) is 5.32 Å². The molecule has 1 aromatic carbocycles. The number of rotatable bonds is 4. The van der Waals surface area contributed by atoms with Crippen LogP contribution in [0.5, 0.6) is 5.75 Å². The highest BCUT2D eigenvalue weighted by Gasteiger charge is 2.35. The molecule has 4 heteroatoms. The van der Waals surface area contributed by atoms with Crippen LogP contribution in [0.2, 0.25) is 0 Å². The lowest BCUT2D eigenvalue weighted by atomic mass is 9.98. The van der Waals surface area contributed by atoms with E-state index in [-0.39, 0.29) is 11.7 Å².